The van der Waals surface area contributed by atoms with Crippen molar-refractivity contribution in [2.75, 3.05) is 0 Å². The van der Waals surface area contributed by atoms with Crippen LogP contribution in [0.4, 0.5) is 13.6 Å². The maximum Gasteiger partial charge on any atom is 0.332 e. The van der Waals surface area contributed by atoms with Crippen molar-refractivity contribution >= 4 is 16.9 Å². The lowest BCUT2D eigenvalue weighted by atomic mass is 10.0. The van der Waals surface area contributed by atoms with Crippen molar-refractivity contribution in [1.82, 2.24) is 15.0 Å². The van der Waals surface area contributed by atoms with Gasteiger partial charge in [0, 0.05) is 29.0 Å². The second-order valence-corrected chi connectivity index (χ2v) is 7.01. The molecule has 2 aromatic heterocycles. The Hall–Kier alpha value is -3.29. The molecule has 0 aliphatic heterocycles. The third-order valence-corrected chi connectivity index (χ3v) is 4.72. The van der Waals surface area contributed by atoms with Crippen molar-refractivity contribution in [3.05, 3.63) is 58.8 Å². The van der Waals surface area contributed by atoms with Crippen LogP contribution >= 0.6 is 0 Å². The minimum Gasteiger partial charge on any atom is -0.350 e. The molecule has 1 fully saturated rings. The van der Waals surface area contributed by atoms with Gasteiger partial charge in [0.1, 0.15) is 5.82 Å². The minimum atomic E-state index is -0.854. The number of benzene rings is 1. The highest BCUT2D eigenvalue weighted by Crippen LogP contribution is 2.39. The van der Waals surface area contributed by atoms with Gasteiger partial charge in [-0.2, -0.15) is 5.10 Å². The van der Waals surface area contributed by atoms with Gasteiger partial charge < -0.3 is 10.3 Å². The van der Waals surface area contributed by atoms with E-state index in [4.69, 9.17) is 5.73 Å². The number of carbonyl (C=O) groups excluding carboxylic acids is 1. The van der Waals surface area contributed by atoms with Crippen LogP contribution in [0.15, 0.2) is 35.6 Å². The van der Waals surface area contributed by atoms with Gasteiger partial charge in [-0.25, -0.2) is 19.0 Å². The standard InChI is InChI=1S/C20H19F2N5O/c1-10-7-12(8-11(2)24-10)17-15(21)9-14-16(25-26-20(23)28)5-6-27(13-3-4-13)19(14)18(17)22/h5-9,13H,3-4H2,1-2H3,(H3,23,26,28)/b25-16+. The van der Waals surface area contributed by atoms with E-state index in [9.17, 15) is 4.79 Å². The number of nitrogens with one attached hydrogen (secondary N) is 1. The Labute approximate surface area is 159 Å². The molecule has 3 N–H and O–H groups in total. The smallest absolute Gasteiger partial charge is 0.332 e. The van der Waals surface area contributed by atoms with Gasteiger partial charge in [-0.1, -0.05) is 0 Å². The van der Waals surface area contributed by atoms with E-state index in [0.29, 0.717) is 17.0 Å². The van der Waals surface area contributed by atoms with Crippen molar-refractivity contribution < 1.29 is 13.6 Å². The number of primary amides is 1. The Bertz CT molecular complexity index is 1160. The van der Waals surface area contributed by atoms with Crippen molar-refractivity contribution in [3.8, 4) is 11.1 Å². The molecule has 0 bridgehead atoms. The summed E-state index contributed by atoms with van der Waals surface area (Å²) in [6.45, 7) is 3.56. The second kappa shape index (κ2) is 6.70. The number of pyridine rings is 2. The molecule has 0 saturated heterocycles. The molecule has 1 aromatic carbocycles. The number of amides is 2. The molecule has 8 heteroatoms. The van der Waals surface area contributed by atoms with Gasteiger partial charge in [-0.05, 0) is 56.5 Å². The van der Waals surface area contributed by atoms with Crippen LogP contribution in [0.25, 0.3) is 22.0 Å². The van der Waals surface area contributed by atoms with Crippen LogP contribution in [0.3, 0.4) is 0 Å². The molecule has 144 valence electrons. The normalized spacial score (nSPS) is 14.5. The molecular weight excluding hydrogens is 364 g/mol. The summed E-state index contributed by atoms with van der Waals surface area (Å²) in [5.41, 5.74) is 9.12. The number of hydrogen-bond acceptors (Lipinski definition) is 3. The third kappa shape index (κ3) is 3.21. The molecule has 0 atom stereocenters. The average Bonchev–Trinajstić information content (AvgIpc) is 3.43. The van der Waals surface area contributed by atoms with E-state index in [-0.39, 0.29) is 27.9 Å². The van der Waals surface area contributed by atoms with Crippen LogP contribution in [0.1, 0.15) is 30.3 Å². The lowest BCUT2D eigenvalue weighted by Crippen LogP contribution is -2.27. The molecule has 4 rings (SSSR count). The van der Waals surface area contributed by atoms with Gasteiger partial charge in [-0.3, -0.25) is 4.98 Å². The summed E-state index contributed by atoms with van der Waals surface area (Å²) in [6.07, 6.45) is 3.56. The molecule has 0 radical (unpaired) electrons. The molecular formula is C20H19F2N5O. The number of carbonyl (C=O) groups is 1. The van der Waals surface area contributed by atoms with E-state index in [0.717, 1.165) is 12.8 Å². The first-order chi connectivity index (χ1) is 13.3. The van der Waals surface area contributed by atoms with Gasteiger partial charge in [0.25, 0.3) is 0 Å². The molecule has 1 saturated carbocycles. The van der Waals surface area contributed by atoms with Crippen molar-refractivity contribution in [3.63, 3.8) is 0 Å². The molecule has 2 heterocycles. The maximum absolute atomic E-state index is 15.7. The van der Waals surface area contributed by atoms with Gasteiger partial charge in [0.05, 0.1) is 16.4 Å². The van der Waals surface area contributed by atoms with Gasteiger partial charge in [0.15, 0.2) is 5.82 Å². The fraction of sp³-hybridized carbons (Fsp3) is 0.250. The highest BCUT2D eigenvalue weighted by atomic mass is 19.1. The topological polar surface area (TPSA) is 85.3 Å². The Morgan fingerprint density at radius 3 is 2.54 bits per heavy atom. The monoisotopic (exact) mass is 383 g/mol. The number of nitrogens with two attached hydrogens (primary N) is 1. The molecule has 1 aliphatic carbocycles. The first kappa shape index (κ1) is 18.1. The van der Waals surface area contributed by atoms with Crippen LogP contribution in [-0.2, 0) is 0 Å². The quantitative estimate of drug-likeness (QED) is 0.679. The van der Waals surface area contributed by atoms with E-state index < -0.39 is 17.7 Å². The van der Waals surface area contributed by atoms with Crippen LogP contribution in [0.2, 0.25) is 0 Å². The van der Waals surface area contributed by atoms with Crippen LogP contribution in [-0.4, -0.2) is 15.6 Å². The highest BCUT2D eigenvalue weighted by molar-refractivity contribution is 5.86. The SMILES string of the molecule is Cc1cc(-c2c(F)cc3/c(=N/NC(N)=O)ccn(C4CC4)c3c2F)cc(C)n1. The highest BCUT2D eigenvalue weighted by Gasteiger charge is 2.27. The van der Waals surface area contributed by atoms with Gasteiger partial charge in [0.2, 0.25) is 0 Å². The minimum absolute atomic E-state index is 0.101. The zero-order valence-electron chi connectivity index (χ0n) is 15.5. The first-order valence-corrected chi connectivity index (χ1v) is 8.93. The fourth-order valence-corrected chi connectivity index (χ4v) is 3.48. The molecule has 28 heavy (non-hydrogen) atoms. The van der Waals surface area contributed by atoms with E-state index in [2.05, 4.69) is 15.5 Å². The average molecular weight is 383 g/mol. The third-order valence-electron chi connectivity index (χ3n) is 4.72. The predicted octanol–water partition coefficient (Wildman–Crippen LogP) is 3.42. The number of aryl methyl sites for hydroxylation is 2. The molecule has 0 unspecified atom stereocenters. The number of halogens is 2. The molecule has 3 aromatic rings. The molecule has 1 aliphatic rings. The van der Waals surface area contributed by atoms with Crippen molar-refractivity contribution in [2.45, 2.75) is 32.7 Å². The zero-order chi connectivity index (χ0) is 20.0. The Morgan fingerprint density at radius 1 is 1.25 bits per heavy atom. The molecule has 0 spiro atoms. The summed E-state index contributed by atoms with van der Waals surface area (Å²) >= 11 is 0. The summed E-state index contributed by atoms with van der Waals surface area (Å²) in [7, 11) is 0. The van der Waals surface area contributed by atoms with Crippen LogP contribution in [0.5, 0.6) is 0 Å². The number of nitrogens with zero attached hydrogens (tertiary/aromatic N) is 3. The molecule has 6 nitrogen and oxygen atoms in total. The zero-order valence-corrected chi connectivity index (χ0v) is 15.5. The summed E-state index contributed by atoms with van der Waals surface area (Å²) in [5, 5.41) is 4.39. The largest absolute Gasteiger partial charge is 0.350 e. The van der Waals surface area contributed by atoms with E-state index in [1.807, 2.05) is 0 Å². The Morgan fingerprint density at radius 2 is 1.93 bits per heavy atom. The first-order valence-electron chi connectivity index (χ1n) is 8.93. The van der Waals surface area contributed by atoms with Gasteiger partial charge in [-0.15, -0.1) is 0 Å². The van der Waals surface area contributed by atoms with Gasteiger partial charge >= 0.3 is 6.03 Å². The summed E-state index contributed by atoms with van der Waals surface area (Å²) < 4.78 is 32.5. The second-order valence-electron chi connectivity index (χ2n) is 7.01. The summed E-state index contributed by atoms with van der Waals surface area (Å²) in [5.74, 6) is -1.37. The number of fused-ring (bicyclic) bond motifs is 1. The van der Waals surface area contributed by atoms with E-state index in [1.165, 1.54) is 6.07 Å². The Kier molecular flexibility index (Phi) is 4.33. The number of urea groups is 1. The van der Waals surface area contributed by atoms with Crippen molar-refractivity contribution in [2.24, 2.45) is 10.8 Å². The lowest BCUT2D eigenvalue weighted by Gasteiger charge is -2.15. The number of hydrogen-bond donors (Lipinski definition) is 2. The summed E-state index contributed by atoms with van der Waals surface area (Å²) in [4.78, 5) is 15.3. The molecule has 2 amide bonds. The number of rotatable bonds is 3. The fourth-order valence-electron chi connectivity index (χ4n) is 3.48. The number of aromatic nitrogens is 2. The van der Waals surface area contributed by atoms with Crippen molar-refractivity contribution in [1.29, 1.82) is 0 Å². The van der Waals surface area contributed by atoms with E-state index in [1.54, 1.807) is 42.8 Å². The summed E-state index contributed by atoms with van der Waals surface area (Å²) in [6, 6.07) is 5.48. The Balaban J connectivity index is 2.05. The van der Waals surface area contributed by atoms with E-state index >= 15 is 8.78 Å². The van der Waals surface area contributed by atoms with Crippen LogP contribution < -0.4 is 16.5 Å². The predicted molar refractivity (Wildman–Crippen MR) is 101 cm³/mol. The maximum atomic E-state index is 15.7. The lowest BCUT2D eigenvalue weighted by molar-refractivity contribution is 0.249. The van der Waals surface area contributed by atoms with Crippen LogP contribution in [0, 0.1) is 25.5 Å².